The summed E-state index contributed by atoms with van der Waals surface area (Å²) in [6, 6.07) is 1.97. The lowest BCUT2D eigenvalue weighted by atomic mass is 10.2. The van der Waals surface area contributed by atoms with E-state index in [1.807, 2.05) is 0 Å². The van der Waals surface area contributed by atoms with Gasteiger partial charge in [0.25, 0.3) is 5.69 Å². The smallest absolute Gasteiger partial charge is 0.293 e. The Morgan fingerprint density at radius 3 is 2.80 bits per heavy atom. The summed E-state index contributed by atoms with van der Waals surface area (Å²) < 4.78 is 15.5. The van der Waals surface area contributed by atoms with Crippen LogP contribution in [0.4, 0.5) is 15.8 Å². The van der Waals surface area contributed by atoms with Crippen molar-refractivity contribution in [3.63, 3.8) is 0 Å². The number of anilines is 1. The fourth-order valence-electron chi connectivity index (χ4n) is 1.78. The summed E-state index contributed by atoms with van der Waals surface area (Å²) >= 11 is 1.72. The van der Waals surface area contributed by atoms with E-state index in [0.717, 1.165) is 6.07 Å². The number of aryl methyl sites for hydroxylation is 1. The summed E-state index contributed by atoms with van der Waals surface area (Å²) in [7, 11) is 1.76. The van der Waals surface area contributed by atoms with Crippen molar-refractivity contribution in [3.8, 4) is 0 Å². The molecule has 0 fully saturated rings. The van der Waals surface area contributed by atoms with E-state index < -0.39 is 10.7 Å². The van der Waals surface area contributed by atoms with Gasteiger partial charge in [0.15, 0.2) is 5.82 Å². The van der Waals surface area contributed by atoms with E-state index in [9.17, 15) is 14.5 Å². The first-order valence-electron chi connectivity index (χ1n) is 5.64. The minimum absolute atomic E-state index is 0.114. The predicted octanol–water partition coefficient (Wildman–Crippen LogP) is 2.64. The molecule has 1 aromatic carbocycles. The standard InChI is InChI=1S/C11H11FIN5O2/c1-6(11-16-14-5-17(11)2)15-9-3-7(12)8(13)4-10(9)18(19)20/h3-6,15H,1-2H3. The summed E-state index contributed by atoms with van der Waals surface area (Å²) in [6.45, 7) is 1.77. The van der Waals surface area contributed by atoms with Gasteiger partial charge in [0.05, 0.1) is 14.5 Å². The summed E-state index contributed by atoms with van der Waals surface area (Å²) in [5, 5.41) is 21.6. The van der Waals surface area contributed by atoms with Crippen LogP contribution in [0.25, 0.3) is 0 Å². The molecule has 0 aliphatic rings. The maximum Gasteiger partial charge on any atom is 0.293 e. The fourth-order valence-corrected chi connectivity index (χ4v) is 2.24. The second-order valence-corrected chi connectivity index (χ2v) is 5.37. The molecular formula is C11H11FIN5O2. The number of hydrogen-bond donors (Lipinski definition) is 1. The molecule has 1 N–H and O–H groups in total. The van der Waals surface area contributed by atoms with Crippen LogP contribution < -0.4 is 5.32 Å². The van der Waals surface area contributed by atoms with E-state index >= 15 is 0 Å². The zero-order valence-corrected chi connectivity index (χ0v) is 12.8. The van der Waals surface area contributed by atoms with Gasteiger partial charge in [-0.2, -0.15) is 0 Å². The van der Waals surface area contributed by atoms with E-state index in [4.69, 9.17) is 0 Å². The van der Waals surface area contributed by atoms with Crippen LogP contribution in [0.2, 0.25) is 0 Å². The number of halogens is 2. The van der Waals surface area contributed by atoms with Crippen molar-refractivity contribution in [2.75, 3.05) is 5.32 Å². The molecule has 0 radical (unpaired) electrons. The predicted molar refractivity (Wildman–Crippen MR) is 78.8 cm³/mol. The molecule has 0 bridgehead atoms. The SMILES string of the molecule is CC(Nc1cc(F)c(I)cc1[N+](=O)[O-])c1nncn1C. The first kappa shape index (κ1) is 14.6. The van der Waals surface area contributed by atoms with E-state index in [1.54, 1.807) is 41.1 Å². The number of nitro groups is 1. The number of rotatable bonds is 4. The van der Waals surface area contributed by atoms with Crippen LogP contribution in [0.5, 0.6) is 0 Å². The minimum atomic E-state index is -0.548. The van der Waals surface area contributed by atoms with E-state index in [0.29, 0.717) is 5.82 Å². The Kier molecular flexibility index (Phi) is 4.16. The molecule has 0 saturated heterocycles. The first-order valence-corrected chi connectivity index (χ1v) is 6.72. The molecule has 106 valence electrons. The highest BCUT2D eigenvalue weighted by molar-refractivity contribution is 14.1. The molecule has 0 aliphatic heterocycles. The molecule has 0 spiro atoms. The highest BCUT2D eigenvalue weighted by Crippen LogP contribution is 2.31. The third-order valence-electron chi connectivity index (χ3n) is 2.74. The van der Waals surface area contributed by atoms with Crippen LogP contribution in [0.15, 0.2) is 18.5 Å². The number of hydrogen-bond acceptors (Lipinski definition) is 5. The zero-order valence-electron chi connectivity index (χ0n) is 10.7. The Morgan fingerprint density at radius 2 is 2.25 bits per heavy atom. The van der Waals surface area contributed by atoms with Gasteiger partial charge in [0.1, 0.15) is 17.8 Å². The van der Waals surface area contributed by atoms with Crippen molar-refractivity contribution in [2.24, 2.45) is 7.05 Å². The fraction of sp³-hybridized carbons (Fsp3) is 0.273. The second kappa shape index (κ2) is 5.69. The van der Waals surface area contributed by atoms with Crippen LogP contribution in [-0.2, 0) is 7.05 Å². The van der Waals surface area contributed by atoms with E-state index in [-0.39, 0.29) is 21.0 Å². The number of aromatic nitrogens is 3. The third-order valence-corrected chi connectivity index (χ3v) is 3.57. The highest BCUT2D eigenvalue weighted by atomic mass is 127. The number of benzene rings is 1. The Hall–Kier alpha value is -1.78. The van der Waals surface area contributed by atoms with Crippen LogP contribution in [0.1, 0.15) is 18.8 Å². The van der Waals surface area contributed by atoms with E-state index in [2.05, 4.69) is 15.5 Å². The highest BCUT2D eigenvalue weighted by Gasteiger charge is 2.20. The quantitative estimate of drug-likeness (QED) is 0.492. The summed E-state index contributed by atoms with van der Waals surface area (Å²) in [5.74, 6) is 0.0853. The maximum atomic E-state index is 13.6. The monoisotopic (exact) mass is 391 g/mol. The third kappa shape index (κ3) is 2.86. The Bertz CT molecular complexity index is 660. The normalized spacial score (nSPS) is 12.2. The Labute approximate surface area is 127 Å². The molecule has 7 nitrogen and oxygen atoms in total. The van der Waals surface area contributed by atoms with Crippen LogP contribution in [0.3, 0.4) is 0 Å². The summed E-state index contributed by atoms with van der Waals surface area (Å²) in [4.78, 5) is 10.5. The molecule has 0 aliphatic carbocycles. The lowest BCUT2D eigenvalue weighted by Crippen LogP contribution is -2.13. The summed E-state index contributed by atoms with van der Waals surface area (Å²) in [6.07, 6.45) is 1.52. The Morgan fingerprint density at radius 1 is 1.55 bits per heavy atom. The van der Waals surface area contributed by atoms with Gasteiger partial charge in [-0.3, -0.25) is 10.1 Å². The first-order chi connectivity index (χ1) is 9.40. The second-order valence-electron chi connectivity index (χ2n) is 4.21. The van der Waals surface area contributed by atoms with Gasteiger partial charge in [-0.25, -0.2) is 4.39 Å². The van der Waals surface area contributed by atoms with Crippen LogP contribution in [0, 0.1) is 19.5 Å². The molecule has 0 amide bonds. The molecule has 1 unspecified atom stereocenters. The zero-order chi connectivity index (χ0) is 14.9. The maximum absolute atomic E-state index is 13.6. The average Bonchev–Trinajstić information content (AvgIpc) is 2.79. The van der Waals surface area contributed by atoms with Crippen molar-refractivity contribution in [1.29, 1.82) is 0 Å². The van der Waals surface area contributed by atoms with Gasteiger partial charge in [-0.15, -0.1) is 10.2 Å². The van der Waals surface area contributed by atoms with Gasteiger partial charge in [-0.1, -0.05) is 0 Å². The lowest BCUT2D eigenvalue weighted by molar-refractivity contribution is -0.384. The lowest BCUT2D eigenvalue weighted by Gasteiger charge is -2.14. The van der Waals surface area contributed by atoms with Crippen LogP contribution in [-0.4, -0.2) is 19.7 Å². The van der Waals surface area contributed by atoms with Gasteiger partial charge in [0.2, 0.25) is 0 Å². The number of nitrogens with zero attached hydrogens (tertiary/aromatic N) is 4. The van der Waals surface area contributed by atoms with Crippen molar-refractivity contribution in [2.45, 2.75) is 13.0 Å². The topological polar surface area (TPSA) is 85.9 Å². The van der Waals surface area contributed by atoms with Gasteiger partial charge in [-0.05, 0) is 29.5 Å². The molecule has 0 saturated carbocycles. The van der Waals surface area contributed by atoms with Gasteiger partial charge in [0, 0.05) is 19.2 Å². The number of nitrogens with one attached hydrogen (secondary N) is 1. The molecular weight excluding hydrogens is 380 g/mol. The van der Waals surface area contributed by atoms with Gasteiger partial charge >= 0.3 is 0 Å². The van der Waals surface area contributed by atoms with Gasteiger partial charge < -0.3 is 9.88 Å². The largest absolute Gasteiger partial charge is 0.370 e. The summed E-state index contributed by atoms with van der Waals surface area (Å²) in [5.41, 5.74) is -0.0618. The van der Waals surface area contributed by atoms with Crippen molar-refractivity contribution >= 4 is 34.0 Å². The molecule has 1 aromatic heterocycles. The van der Waals surface area contributed by atoms with Crippen molar-refractivity contribution in [3.05, 3.63) is 43.8 Å². The molecule has 9 heteroatoms. The molecule has 2 aromatic rings. The average molecular weight is 391 g/mol. The van der Waals surface area contributed by atoms with Crippen molar-refractivity contribution < 1.29 is 9.31 Å². The molecule has 1 atom stereocenters. The molecule has 1 heterocycles. The minimum Gasteiger partial charge on any atom is -0.370 e. The van der Waals surface area contributed by atoms with E-state index in [1.165, 1.54) is 12.4 Å². The Balaban J connectivity index is 2.36. The van der Waals surface area contributed by atoms with Crippen LogP contribution >= 0.6 is 22.6 Å². The molecule has 2 rings (SSSR count). The molecule has 20 heavy (non-hydrogen) atoms. The number of nitro benzene ring substituents is 1. The van der Waals surface area contributed by atoms with Crippen molar-refractivity contribution in [1.82, 2.24) is 14.8 Å².